The molecular weight excluding hydrogens is 928 g/mol. The highest BCUT2D eigenvalue weighted by molar-refractivity contribution is 5.93. The van der Waals surface area contributed by atoms with Crippen molar-refractivity contribution in [3.8, 4) is 50.6 Å². The standard InChI is InChI=1S/C57H61FN8O7/c1-31(2)49(63-56(69)71-5)51(67)40-10-7-8-11-41(40)52-59-29-43(61-52)34-15-13-33(14-16-34)36-20-24-45-38(26-36)27-47-42-23-19-37(28-48(42)73-55(66(45)47)35-17-21-39(58)22-18-35)44-30-60-53(62-44)46-12-9-25-65(46)54(68)50(32(3)4)64-57(70)72-6/h13-24,26-32,40-41,46,49-50,55H,7-12,25H2,1-6H3,(H,59,61)(H,60,62)(H,63,69)(H,64,70)/t40?,41-,46-,49?,50-,55?/m0/s1. The zero-order chi connectivity index (χ0) is 51.1. The number of halogens is 1. The van der Waals surface area contributed by atoms with E-state index in [1.807, 2.05) is 52.1 Å². The van der Waals surface area contributed by atoms with Gasteiger partial charge in [0.2, 0.25) is 12.1 Å². The molecule has 3 aliphatic rings. The Hall–Kier alpha value is -7.75. The largest absolute Gasteiger partial charge is 0.465 e. The number of ether oxygens (including phenoxy) is 3. The number of hydrogen-bond acceptors (Lipinski definition) is 9. The summed E-state index contributed by atoms with van der Waals surface area (Å²) in [6.45, 7) is 8.19. The van der Waals surface area contributed by atoms with Crippen LogP contribution in [0.15, 0.2) is 103 Å². The number of Topliss-reactive ketones (excluding diaryl/α,β-unsaturated/α-hetero) is 1. The number of H-pyrrole nitrogens is 2. The van der Waals surface area contributed by atoms with Gasteiger partial charge in [-0.15, -0.1) is 0 Å². The van der Waals surface area contributed by atoms with Crippen molar-refractivity contribution in [2.24, 2.45) is 17.8 Å². The van der Waals surface area contributed by atoms with E-state index >= 15 is 0 Å². The fourth-order valence-electron chi connectivity index (χ4n) is 11.0. The molecule has 2 aliphatic heterocycles. The molecule has 7 aromatic rings. The monoisotopic (exact) mass is 988 g/mol. The van der Waals surface area contributed by atoms with Crippen LogP contribution in [0.4, 0.5) is 14.0 Å². The number of carbonyl (C=O) groups excluding carboxylic acids is 4. The third-order valence-corrected chi connectivity index (χ3v) is 14.9. The van der Waals surface area contributed by atoms with Gasteiger partial charge in [0.25, 0.3) is 0 Å². The van der Waals surface area contributed by atoms with Crippen LogP contribution in [-0.2, 0) is 19.1 Å². The fourth-order valence-corrected chi connectivity index (χ4v) is 11.0. The van der Waals surface area contributed by atoms with Crippen LogP contribution in [0.5, 0.6) is 5.75 Å². The Balaban J connectivity index is 0.910. The molecule has 0 spiro atoms. The minimum absolute atomic E-state index is 0.0167. The second-order valence-corrected chi connectivity index (χ2v) is 20.2. The van der Waals surface area contributed by atoms with Gasteiger partial charge in [0, 0.05) is 40.5 Å². The summed E-state index contributed by atoms with van der Waals surface area (Å²) in [5, 5.41) is 6.49. The van der Waals surface area contributed by atoms with E-state index in [1.165, 1.54) is 26.4 Å². The van der Waals surface area contributed by atoms with E-state index in [-0.39, 0.29) is 47.2 Å². The maximum atomic E-state index is 14.3. The highest BCUT2D eigenvalue weighted by Crippen LogP contribution is 2.47. The van der Waals surface area contributed by atoms with Crippen LogP contribution in [0.3, 0.4) is 0 Å². The summed E-state index contributed by atoms with van der Waals surface area (Å²) < 4.78 is 33.0. The third kappa shape index (κ3) is 9.58. The summed E-state index contributed by atoms with van der Waals surface area (Å²) in [5.41, 5.74) is 9.09. The molecule has 4 N–H and O–H groups in total. The Morgan fingerprint density at radius 1 is 0.699 bits per heavy atom. The van der Waals surface area contributed by atoms with E-state index in [4.69, 9.17) is 24.2 Å². The Kier molecular flexibility index (Phi) is 13.7. The smallest absolute Gasteiger partial charge is 0.407 e. The Bertz CT molecular complexity index is 3180. The molecule has 0 bridgehead atoms. The van der Waals surface area contributed by atoms with Gasteiger partial charge < -0.3 is 44.3 Å². The van der Waals surface area contributed by atoms with E-state index in [0.717, 1.165) is 106 Å². The number of ketones is 1. The summed E-state index contributed by atoms with van der Waals surface area (Å²) in [6, 6.07) is 27.7. The number of hydrogen-bond donors (Lipinski definition) is 4. The average Bonchev–Trinajstić information content (AvgIpc) is 4.26. The lowest BCUT2D eigenvalue weighted by Crippen LogP contribution is -2.51. The van der Waals surface area contributed by atoms with E-state index in [0.29, 0.717) is 18.1 Å². The zero-order valence-electron chi connectivity index (χ0n) is 41.9. The molecule has 2 fully saturated rings. The molecule has 4 aromatic carbocycles. The number of alkyl carbamates (subject to hydrolysis) is 2. The number of nitrogens with zero attached hydrogens (tertiary/aromatic N) is 4. The highest BCUT2D eigenvalue weighted by Gasteiger charge is 2.40. The van der Waals surface area contributed by atoms with Crippen molar-refractivity contribution in [1.29, 1.82) is 0 Å². The van der Waals surface area contributed by atoms with Gasteiger partial charge in [0.05, 0.1) is 61.3 Å². The predicted octanol–water partition coefficient (Wildman–Crippen LogP) is 11.1. The maximum Gasteiger partial charge on any atom is 0.407 e. The Morgan fingerprint density at radius 2 is 1.33 bits per heavy atom. The van der Waals surface area contributed by atoms with Gasteiger partial charge in [-0.25, -0.2) is 23.9 Å². The summed E-state index contributed by atoms with van der Waals surface area (Å²) in [6.07, 6.45) is 6.80. The number of aromatic nitrogens is 5. The lowest BCUT2D eigenvalue weighted by Gasteiger charge is -2.33. The summed E-state index contributed by atoms with van der Waals surface area (Å²) in [4.78, 5) is 70.4. The van der Waals surface area contributed by atoms with E-state index in [1.54, 1.807) is 23.2 Å². The molecule has 73 heavy (non-hydrogen) atoms. The van der Waals surface area contributed by atoms with E-state index < -0.39 is 30.5 Å². The molecule has 3 amide bonds. The van der Waals surface area contributed by atoms with Gasteiger partial charge >= 0.3 is 12.2 Å². The van der Waals surface area contributed by atoms with Crippen molar-refractivity contribution < 1.29 is 37.8 Å². The molecule has 1 saturated heterocycles. The van der Waals surface area contributed by atoms with Crippen LogP contribution in [-0.4, -0.2) is 86.1 Å². The van der Waals surface area contributed by atoms with Gasteiger partial charge in [-0.05, 0) is 96.7 Å². The molecule has 1 saturated carbocycles. The molecule has 15 nitrogen and oxygen atoms in total. The zero-order valence-corrected chi connectivity index (χ0v) is 41.9. The van der Waals surface area contributed by atoms with Crippen molar-refractivity contribution in [2.45, 2.75) is 96.5 Å². The number of nitrogens with one attached hydrogen (secondary N) is 4. The van der Waals surface area contributed by atoms with Crippen molar-refractivity contribution in [3.05, 3.63) is 126 Å². The van der Waals surface area contributed by atoms with E-state index in [2.05, 4.69) is 73.7 Å². The highest BCUT2D eigenvalue weighted by atomic mass is 19.1. The summed E-state index contributed by atoms with van der Waals surface area (Å²) in [5.74, 6) is 1.01. The first-order valence-corrected chi connectivity index (χ1v) is 25.3. The van der Waals surface area contributed by atoms with Gasteiger partial charge in [0.15, 0.2) is 5.78 Å². The third-order valence-electron chi connectivity index (χ3n) is 14.9. The van der Waals surface area contributed by atoms with Crippen molar-refractivity contribution >= 4 is 34.8 Å². The molecule has 1 aliphatic carbocycles. The molecule has 5 heterocycles. The van der Waals surface area contributed by atoms with Crippen LogP contribution in [0, 0.1) is 23.6 Å². The molecule has 16 heteroatoms. The van der Waals surface area contributed by atoms with Crippen molar-refractivity contribution in [1.82, 2.24) is 40.0 Å². The fraction of sp³-hybridized carbons (Fsp3) is 0.368. The van der Waals surface area contributed by atoms with Crippen LogP contribution >= 0.6 is 0 Å². The Morgan fingerprint density at radius 3 is 2.04 bits per heavy atom. The molecule has 0 radical (unpaired) electrons. The second kappa shape index (κ2) is 20.4. The maximum absolute atomic E-state index is 14.3. The quantitative estimate of drug-likeness (QED) is 0.0872. The topological polar surface area (TPSA) is 186 Å². The van der Waals surface area contributed by atoms with E-state index in [9.17, 15) is 23.6 Å². The second-order valence-electron chi connectivity index (χ2n) is 20.2. The van der Waals surface area contributed by atoms with Crippen LogP contribution in [0.1, 0.15) is 102 Å². The van der Waals surface area contributed by atoms with Crippen LogP contribution < -0.4 is 15.4 Å². The molecule has 10 rings (SSSR count). The number of imidazole rings is 2. The van der Waals surface area contributed by atoms with Gasteiger partial charge in [-0.1, -0.05) is 89.1 Å². The minimum atomic E-state index is -0.738. The number of methoxy groups -OCH3 is 2. The molecule has 3 unspecified atom stereocenters. The number of likely N-dealkylation sites (tertiary alicyclic amines) is 1. The number of carbonyl (C=O) groups is 4. The van der Waals surface area contributed by atoms with Crippen LogP contribution in [0.2, 0.25) is 0 Å². The Labute approximate surface area is 423 Å². The SMILES string of the molecule is COC(=O)NC(C(=O)C1CCCC[C@@H]1c1ncc(-c2ccc(-c3ccc4c(c3)cc3n4C(c4ccc(F)cc4)Oc4cc(-c5cnc([C@@H]6CCCN6C(=O)[C@@H](NC(=O)OC)C(C)C)[nH]5)ccc4-3)cc2)[nH]1)C(C)C. The number of rotatable bonds is 13. The van der Waals surface area contributed by atoms with Gasteiger partial charge in [0.1, 0.15) is 29.3 Å². The number of amides is 3. The minimum Gasteiger partial charge on any atom is -0.465 e. The summed E-state index contributed by atoms with van der Waals surface area (Å²) in [7, 11) is 2.59. The van der Waals surface area contributed by atoms with Crippen molar-refractivity contribution in [2.75, 3.05) is 20.8 Å². The predicted molar refractivity (Wildman–Crippen MR) is 275 cm³/mol. The number of fused-ring (bicyclic) bond motifs is 5. The first-order chi connectivity index (χ1) is 35.3. The molecule has 3 aromatic heterocycles. The van der Waals surface area contributed by atoms with Crippen molar-refractivity contribution in [3.63, 3.8) is 0 Å². The van der Waals surface area contributed by atoms with Gasteiger partial charge in [-0.2, -0.15) is 0 Å². The first-order valence-electron chi connectivity index (χ1n) is 25.3. The molecule has 378 valence electrons. The number of aromatic amines is 2. The molecule has 6 atom stereocenters. The molecular formula is C57H61FN8O7. The summed E-state index contributed by atoms with van der Waals surface area (Å²) >= 11 is 0. The first kappa shape index (κ1) is 48.9. The normalized spacial score (nSPS) is 19.2. The van der Waals surface area contributed by atoms with Gasteiger partial charge in [-0.3, -0.25) is 9.59 Å². The average molecular weight is 989 g/mol. The lowest BCUT2D eigenvalue weighted by molar-refractivity contribution is -0.135. The lowest BCUT2D eigenvalue weighted by atomic mass is 9.73. The van der Waals surface area contributed by atoms with Crippen LogP contribution in [0.25, 0.3) is 55.8 Å². The number of benzene rings is 4.